The van der Waals surface area contributed by atoms with E-state index in [0.717, 1.165) is 28.5 Å². The Hall–Kier alpha value is -0.730. The molecule has 0 heterocycles. The van der Waals surface area contributed by atoms with Crippen LogP contribution in [0.4, 0.5) is 0 Å². The van der Waals surface area contributed by atoms with Crippen molar-refractivity contribution in [2.45, 2.75) is 38.1 Å². The smallest absolute Gasteiger partial charge is 0.125 e. The third kappa shape index (κ3) is 2.68. The summed E-state index contributed by atoms with van der Waals surface area (Å²) < 4.78 is 5.51. The molecule has 2 aliphatic carbocycles. The standard InChI is InChI=1S/C17H24ClNO/c1-19-16(9-13-8-11-3-4-12(13)7-11)15-6-5-14(18)10-17(15)20-2/h5-6,10-13,16,19H,3-4,7-9H2,1-2H3. The van der Waals surface area contributed by atoms with Gasteiger partial charge in [-0.1, -0.05) is 24.1 Å². The van der Waals surface area contributed by atoms with E-state index < -0.39 is 0 Å². The molecule has 4 unspecified atom stereocenters. The van der Waals surface area contributed by atoms with E-state index in [1.807, 2.05) is 19.2 Å². The molecule has 0 amide bonds. The average Bonchev–Trinajstić information content (AvgIpc) is 3.07. The minimum absolute atomic E-state index is 0.367. The topological polar surface area (TPSA) is 21.3 Å². The second kappa shape index (κ2) is 5.95. The molecule has 2 nitrogen and oxygen atoms in total. The fourth-order valence-corrected chi connectivity index (χ4v) is 4.50. The third-order valence-electron chi connectivity index (χ3n) is 5.34. The van der Waals surface area contributed by atoms with Crippen LogP contribution in [0.2, 0.25) is 5.02 Å². The molecule has 0 saturated heterocycles. The first-order valence-electron chi connectivity index (χ1n) is 7.72. The van der Waals surface area contributed by atoms with Gasteiger partial charge in [0.2, 0.25) is 0 Å². The zero-order valence-corrected chi connectivity index (χ0v) is 13.1. The molecule has 2 fully saturated rings. The van der Waals surface area contributed by atoms with Crippen LogP contribution >= 0.6 is 11.6 Å². The van der Waals surface area contributed by atoms with Crippen LogP contribution in [-0.4, -0.2) is 14.2 Å². The molecule has 2 saturated carbocycles. The van der Waals surface area contributed by atoms with Crippen molar-refractivity contribution in [1.29, 1.82) is 0 Å². The lowest BCUT2D eigenvalue weighted by Gasteiger charge is -2.27. The van der Waals surface area contributed by atoms with Crippen LogP contribution in [0.25, 0.3) is 0 Å². The van der Waals surface area contributed by atoms with Gasteiger partial charge in [-0.05, 0) is 62.6 Å². The monoisotopic (exact) mass is 293 g/mol. The Morgan fingerprint density at radius 3 is 2.80 bits per heavy atom. The van der Waals surface area contributed by atoms with E-state index in [0.29, 0.717) is 6.04 Å². The van der Waals surface area contributed by atoms with Crippen LogP contribution in [0.1, 0.15) is 43.7 Å². The van der Waals surface area contributed by atoms with E-state index in [2.05, 4.69) is 11.4 Å². The van der Waals surface area contributed by atoms with Crippen molar-refractivity contribution in [3.63, 3.8) is 0 Å². The Labute approximate surface area is 126 Å². The quantitative estimate of drug-likeness (QED) is 0.867. The van der Waals surface area contributed by atoms with Gasteiger partial charge < -0.3 is 10.1 Å². The van der Waals surface area contributed by atoms with Crippen LogP contribution < -0.4 is 10.1 Å². The predicted molar refractivity (Wildman–Crippen MR) is 83.4 cm³/mol. The molecule has 1 aromatic rings. The summed E-state index contributed by atoms with van der Waals surface area (Å²) in [7, 11) is 3.77. The van der Waals surface area contributed by atoms with Crippen LogP contribution in [0.15, 0.2) is 18.2 Å². The number of rotatable bonds is 5. The zero-order valence-electron chi connectivity index (χ0n) is 12.4. The average molecular weight is 294 g/mol. The fraction of sp³-hybridized carbons (Fsp3) is 0.647. The van der Waals surface area contributed by atoms with E-state index in [4.69, 9.17) is 16.3 Å². The van der Waals surface area contributed by atoms with Crippen molar-refractivity contribution in [2.75, 3.05) is 14.2 Å². The van der Waals surface area contributed by atoms with E-state index in [1.165, 1.54) is 37.7 Å². The molecular formula is C17H24ClNO. The van der Waals surface area contributed by atoms with Crippen molar-refractivity contribution >= 4 is 11.6 Å². The largest absolute Gasteiger partial charge is 0.496 e. The van der Waals surface area contributed by atoms with Gasteiger partial charge in [-0.15, -0.1) is 0 Å². The van der Waals surface area contributed by atoms with E-state index in [-0.39, 0.29) is 0 Å². The number of halogens is 1. The lowest BCUT2D eigenvalue weighted by atomic mass is 9.82. The Balaban J connectivity index is 1.76. The maximum atomic E-state index is 6.06. The van der Waals surface area contributed by atoms with Crippen LogP contribution in [0, 0.1) is 17.8 Å². The van der Waals surface area contributed by atoms with Crippen LogP contribution in [-0.2, 0) is 0 Å². The Morgan fingerprint density at radius 1 is 1.35 bits per heavy atom. The molecule has 110 valence electrons. The minimum atomic E-state index is 0.367. The maximum absolute atomic E-state index is 6.06. The summed E-state index contributed by atoms with van der Waals surface area (Å²) in [4.78, 5) is 0. The molecule has 3 heteroatoms. The van der Waals surface area contributed by atoms with Gasteiger partial charge in [0.05, 0.1) is 7.11 Å². The fourth-order valence-electron chi connectivity index (χ4n) is 4.34. The number of benzene rings is 1. The highest BCUT2D eigenvalue weighted by Crippen LogP contribution is 2.51. The number of ether oxygens (including phenoxy) is 1. The first-order chi connectivity index (χ1) is 9.71. The molecule has 3 rings (SSSR count). The van der Waals surface area contributed by atoms with Crippen LogP contribution in [0.3, 0.4) is 0 Å². The van der Waals surface area contributed by atoms with Gasteiger partial charge in [-0.2, -0.15) is 0 Å². The zero-order chi connectivity index (χ0) is 14.1. The summed E-state index contributed by atoms with van der Waals surface area (Å²) in [5.74, 6) is 3.76. The summed E-state index contributed by atoms with van der Waals surface area (Å²) in [5, 5.41) is 4.21. The second-order valence-corrected chi connectivity index (χ2v) is 6.83. The highest BCUT2D eigenvalue weighted by Gasteiger charge is 2.40. The predicted octanol–water partition coefficient (Wildman–Crippen LogP) is 4.44. The van der Waals surface area contributed by atoms with Gasteiger partial charge >= 0.3 is 0 Å². The molecule has 0 radical (unpaired) electrons. The number of hydrogen-bond donors (Lipinski definition) is 1. The molecule has 2 bridgehead atoms. The van der Waals surface area contributed by atoms with Crippen molar-refractivity contribution in [3.05, 3.63) is 28.8 Å². The van der Waals surface area contributed by atoms with Crippen molar-refractivity contribution < 1.29 is 4.74 Å². The SMILES string of the molecule is CNC(CC1CC2CCC1C2)c1ccc(Cl)cc1OC. The van der Waals surface area contributed by atoms with Crippen molar-refractivity contribution in [2.24, 2.45) is 17.8 Å². The molecule has 2 aliphatic rings. The minimum Gasteiger partial charge on any atom is -0.496 e. The van der Waals surface area contributed by atoms with Crippen LogP contribution in [0.5, 0.6) is 5.75 Å². The molecule has 1 aromatic carbocycles. The van der Waals surface area contributed by atoms with Gasteiger partial charge in [-0.3, -0.25) is 0 Å². The first kappa shape index (κ1) is 14.2. The molecule has 4 atom stereocenters. The number of hydrogen-bond acceptors (Lipinski definition) is 2. The van der Waals surface area contributed by atoms with Gasteiger partial charge in [0.15, 0.2) is 0 Å². The van der Waals surface area contributed by atoms with Gasteiger partial charge in [0.25, 0.3) is 0 Å². The van der Waals surface area contributed by atoms with Crippen molar-refractivity contribution in [1.82, 2.24) is 5.32 Å². The van der Waals surface area contributed by atoms with Crippen molar-refractivity contribution in [3.8, 4) is 5.75 Å². The molecule has 20 heavy (non-hydrogen) atoms. The lowest BCUT2D eigenvalue weighted by Crippen LogP contribution is -2.23. The van der Waals surface area contributed by atoms with Gasteiger partial charge in [0.1, 0.15) is 5.75 Å². The first-order valence-corrected chi connectivity index (χ1v) is 8.09. The second-order valence-electron chi connectivity index (χ2n) is 6.40. The lowest BCUT2D eigenvalue weighted by molar-refractivity contribution is 0.281. The summed E-state index contributed by atoms with van der Waals surface area (Å²) in [5.41, 5.74) is 1.24. The summed E-state index contributed by atoms with van der Waals surface area (Å²) in [6.07, 6.45) is 7.03. The highest BCUT2D eigenvalue weighted by atomic mass is 35.5. The number of methoxy groups -OCH3 is 1. The summed E-state index contributed by atoms with van der Waals surface area (Å²) >= 11 is 6.06. The summed E-state index contributed by atoms with van der Waals surface area (Å²) in [6.45, 7) is 0. The van der Waals surface area contributed by atoms with E-state index >= 15 is 0 Å². The van der Waals surface area contributed by atoms with Gasteiger partial charge in [-0.25, -0.2) is 0 Å². The normalized spacial score (nSPS) is 29.6. The van der Waals surface area contributed by atoms with Gasteiger partial charge in [0, 0.05) is 16.6 Å². The number of nitrogens with one attached hydrogen (secondary N) is 1. The molecular weight excluding hydrogens is 270 g/mol. The molecule has 1 N–H and O–H groups in total. The molecule has 0 spiro atoms. The Kier molecular flexibility index (Phi) is 4.23. The molecule has 0 aromatic heterocycles. The number of fused-ring (bicyclic) bond motifs is 2. The highest BCUT2D eigenvalue weighted by molar-refractivity contribution is 6.30. The summed E-state index contributed by atoms with van der Waals surface area (Å²) in [6, 6.07) is 6.36. The Bertz CT molecular complexity index is 476. The third-order valence-corrected chi connectivity index (χ3v) is 5.58. The Morgan fingerprint density at radius 2 is 2.20 bits per heavy atom. The maximum Gasteiger partial charge on any atom is 0.125 e. The van der Waals surface area contributed by atoms with E-state index in [1.54, 1.807) is 7.11 Å². The van der Waals surface area contributed by atoms with E-state index in [9.17, 15) is 0 Å². The molecule has 0 aliphatic heterocycles.